The number of aliphatic hydroxyl groups excluding tert-OH is 1. The number of carboxylic acid groups (broad SMARTS) is 1. The van der Waals surface area contributed by atoms with E-state index in [0.717, 1.165) is 30.4 Å². The summed E-state index contributed by atoms with van der Waals surface area (Å²) in [5.41, 5.74) is 2.54. The highest BCUT2D eigenvalue weighted by molar-refractivity contribution is 7.92. The van der Waals surface area contributed by atoms with Crippen molar-refractivity contribution >= 4 is 27.6 Å². The number of benzene rings is 3. The fourth-order valence-corrected chi connectivity index (χ4v) is 6.87. The van der Waals surface area contributed by atoms with Crippen LogP contribution in [0.1, 0.15) is 71.9 Å². The maximum atomic E-state index is 14.4. The minimum atomic E-state index is -3.93. The number of likely N-dealkylation sites (N-methyl/N-ethyl adjacent to an activating group) is 1. The number of aromatic carboxylic acids is 1. The van der Waals surface area contributed by atoms with E-state index in [1.807, 2.05) is 27.8 Å². The molecular formula is C37H49N3O8S. The van der Waals surface area contributed by atoms with E-state index in [2.05, 4.69) is 9.62 Å². The third-order valence-electron chi connectivity index (χ3n) is 8.78. The molecule has 0 aliphatic carbocycles. The van der Waals surface area contributed by atoms with Crippen molar-refractivity contribution < 1.29 is 37.7 Å². The molecule has 3 aromatic rings. The number of aliphatic hydroxyl groups is 1. The highest BCUT2D eigenvalue weighted by Gasteiger charge is 2.31. The van der Waals surface area contributed by atoms with Crippen molar-refractivity contribution in [2.24, 2.45) is 5.92 Å². The molecule has 4 atom stereocenters. The number of ether oxygens (including phenoxy) is 2. The topological polar surface area (TPSA) is 146 Å². The number of carbonyl (C=O) groups is 2. The molecule has 1 aliphatic heterocycles. The van der Waals surface area contributed by atoms with Crippen LogP contribution < -0.4 is 9.46 Å². The van der Waals surface area contributed by atoms with E-state index in [0.29, 0.717) is 25.4 Å². The van der Waals surface area contributed by atoms with Crippen LogP contribution in [0.2, 0.25) is 0 Å². The molecule has 0 aromatic heterocycles. The number of sulfonamides is 1. The van der Waals surface area contributed by atoms with Gasteiger partial charge in [-0.3, -0.25) is 14.4 Å². The number of amides is 1. The lowest BCUT2D eigenvalue weighted by Crippen LogP contribution is -2.47. The highest BCUT2D eigenvalue weighted by atomic mass is 32.2. The van der Waals surface area contributed by atoms with E-state index in [4.69, 9.17) is 9.47 Å². The minimum absolute atomic E-state index is 0.104. The van der Waals surface area contributed by atoms with Gasteiger partial charge >= 0.3 is 5.97 Å². The minimum Gasteiger partial charge on any atom is -0.490 e. The third-order valence-corrected chi connectivity index (χ3v) is 10.2. The Hall–Kier alpha value is -3.97. The predicted octanol–water partition coefficient (Wildman–Crippen LogP) is 5.42. The molecule has 0 bridgehead atoms. The van der Waals surface area contributed by atoms with Gasteiger partial charge in [-0.05, 0) is 95.1 Å². The number of hydrogen-bond acceptors (Lipinski definition) is 8. The Morgan fingerprint density at radius 2 is 1.76 bits per heavy atom. The summed E-state index contributed by atoms with van der Waals surface area (Å²) in [5, 5.41) is 19.5. The lowest BCUT2D eigenvalue weighted by molar-refractivity contribution is -0.0177. The first-order valence-corrected chi connectivity index (χ1v) is 18.2. The smallest absolute Gasteiger partial charge is 0.335 e. The number of aryl methyl sites for hydroxylation is 1. The SMILES string of the molecule is Cc1ccc(S(=O)(=O)Nc2ccc3c(c2)C(=O)N([C@H](C)CO)C[C@H](C)[C@H](CN(C)Cc2ccc(C(=O)O)cc2)OCCCC[C@@H](C)O3)cc1. The lowest BCUT2D eigenvalue weighted by atomic mass is 10.0. The Morgan fingerprint density at radius 1 is 1.06 bits per heavy atom. The second-order valence-electron chi connectivity index (χ2n) is 13.1. The van der Waals surface area contributed by atoms with Gasteiger partial charge in [0, 0.05) is 37.8 Å². The molecule has 0 fully saturated rings. The third kappa shape index (κ3) is 10.5. The summed E-state index contributed by atoms with van der Waals surface area (Å²) < 4.78 is 41.8. The molecule has 3 N–H and O–H groups in total. The van der Waals surface area contributed by atoms with Crippen molar-refractivity contribution in [2.75, 3.05) is 38.1 Å². The first kappa shape index (κ1) is 37.8. The molecule has 0 unspecified atom stereocenters. The number of nitrogens with zero attached hydrogens (tertiary/aromatic N) is 2. The largest absolute Gasteiger partial charge is 0.490 e. The van der Waals surface area contributed by atoms with Gasteiger partial charge in [-0.2, -0.15) is 0 Å². The van der Waals surface area contributed by atoms with Gasteiger partial charge in [0.25, 0.3) is 15.9 Å². The van der Waals surface area contributed by atoms with Crippen LogP contribution in [0.3, 0.4) is 0 Å². The van der Waals surface area contributed by atoms with Crippen molar-refractivity contribution in [3.05, 3.63) is 89.0 Å². The molecule has 1 heterocycles. The first-order valence-electron chi connectivity index (χ1n) is 16.7. The zero-order valence-electron chi connectivity index (χ0n) is 29.0. The van der Waals surface area contributed by atoms with Gasteiger partial charge in [-0.25, -0.2) is 13.2 Å². The van der Waals surface area contributed by atoms with Crippen LogP contribution in [-0.2, 0) is 21.3 Å². The molecule has 3 aromatic carbocycles. The van der Waals surface area contributed by atoms with Gasteiger partial charge in [-0.15, -0.1) is 0 Å². The molecule has 11 nitrogen and oxygen atoms in total. The van der Waals surface area contributed by atoms with Crippen LogP contribution in [0.25, 0.3) is 0 Å². The summed E-state index contributed by atoms with van der Waals surface area (Å²) in [6, 6.07) is 17.5. The van der Waals surface area contributed by atoms with Crippen LogP contribution in [0.5, 0.6) is 5.75 Å². The Balaban J connectivity index is 1.62. The van der Waals surface area contributed by atoms with Crippen LogP contribution >= 0.6 is 0 Å². The predicted molar refractivity (Wildman–Crippen MR) is 189 cm³/mol. The van der Waals surface area contributed by atoms with Crippen LogP contribution in [-0.4, -0.2) is 91.9 Å². The summed E-state index contributed by atoms with van der Waals surface area (Å²) in [6.07, 6.45) is 1.91. The molecule has 266 valence electrons. The van der Waals surface area contributed by atoms with Crippen molar-refractivity contribution in [1.82, 2.24) is 9.80 Å². The fraction of sp³-hybridized carbons (Fsp3) is 0.459. The number of fused-ring (bicyclic) bond motifs is 1. The Morgan fingerprint density at radius 3 is 2.41 bits per heavy atom. The zero-order valence-corrected chi connectivity index (χ0v) is 29.8. The summed E-state index contributed by atoms with van der Waals surface area (Å²) in [5.74, 6) is -1.17. The zero-order chi connectivity index (χ0) is 35.7. The van der Waals surface area contributed by atoms with Gasteiger partial charge in [0.15, 0.2) is 0 Å². The van der Waals surface area contributed by atoms with Crippen LogP contribution in [0, 0.1) is 12.8 Å². The lowest BCUT2D eigenvalue weighted by Gasteiger charge is -2.36. The van der Waals surface area contributed by atoms with E-state index in [1.165, 1.54) is 18.2 Å². The van der Waals surface area contributed by atoms with E-state index in [-0.39, 0.29) is 53.0 Å². The van der Waals surface area contributed by atoms with E-state index in [9.17, 15) is 28.2 Å². The molecule has 1 amide bonds. The Labute approximate surface area is 289 Å². The average molecular weight is 696 g/mol. The molecule has 0 radical (unpaired) electrons. The van der Waals surface area contributed by atoms with Crippen molar-refractivity contribution in [1.29, 1.82) is 0 Å². The van der Waals surface area contributed by atoms with Gasteiger partial charge in [0.2, 0.25) is 0 Å². The average Bonchev–Trinajstić information content (AvgIpc) is 3.06. The van der Waals surface area contributed by atoms with Gasteiger partial charge in [0.05, 0.1) is 40.9 Å². The molecule has 0 spiro atoms. The maximum Gasteiger partial charge on any atom is 0.335 e. The van der Waals surface area contributed by atoms with Crippen LogP contribution in [0.4, 0.5) is 5.69 Å². The number of hydrogen-bond donors (Lipinski definition) is 3. The van der Waals surface area contributed by atoms with Gasteiger partial charge < -0.3 is 24.6 Å². The summed E-state index contributed by atoms with van der Waals surface area (Å²) in [6.45, 7) is 9.25. The van der Waals surface area contributed by atoms with Crippen molar-refractivity contribution in [3.8, 4) is 5.75 Å². The molecule has 49 heavy (non-hydrogen) atoms. The molecular weight excluding hydrogens is 646 g/mol. The van der Waals surface area contributed by atoms with Crippen molar-refractivity contribution in [2.45, 2.75) is 76.6 Å². The van der Waals surface area contributed by atoms with E-state index in [1.54, 1.807) is 60.4 Å². The summed E-state index contributed by atoms with van der Waals surface area (Å²) in [7, 11) is -1.96. The highest BCUT2D eigenvalue weighted by Crippen LogP contribution is 2.29. The number of carboxylic acids is 1. The molecule has 1 aliphatic rings. The second kappa shape index (κ2) is 17.1. The molecule has 0 saturated heterocycles. The molecule has 12 heteroatoms. The number of nitrogens with one attached hydrogen (secondary N) is 1. The van der Waals surface area contributed by atoms with Crippen molar-refractivity contribution in [3.63, 3.8) is 0 Å². The van der Waals surface area contributed by atoms with Crippen LogP contribution in [0.15, 0.2) is 71.6 Å². The number of rotatable bonds is 10. The molecule has 0 saturated carbocycles. The quantitative estimate of drug-likeness (QED) is 0.253. The monoisotopic (exact) mass is 695 g/mol. The summed E-state index contributed by atoms with van der Waals surface area (Å²) in [4.78, 5) is 29.5. The van der Waals surface area contributed by atoms with Gasteiger partial charge in [-0.1, -0.05) is 36.8 Å². The fourth-order valence-electron chi connectivity index (χ4n) is 5.82. The number of carbonyl (C=O) groups excluding carboxylic acids is 1. The first-order chi connectivity index (χ1) is 23.3. The maximum absolute atomic E-state index is 14.4. The Bertz CT molecular complexity index is 1660. The second-order valence-corrected chi connectivity index (χ2v) is 14.8. The molecule has 4 rings (SSSR count). The number of anilines is 1. The summed E-state index contributed by atoms with van der Waals surface area (Å²) >= 11 is 0. The standard InChI is InChI=1S/C37H49N3O8S/c1-25-9-16-32(17-10-25)49(45,46)38-31-15-18-34-33(20-31)36(42)40(27(3)24-41)21-26(2)35(47-19-7-6-8-28(4)48-34)23-39(5)22-29-11-13-30(14-12-29)37(43)44/h9-18,20,26-28,35,38,41H,6-8,19,21-24H2,1-5H3,(H,43,44)/t26-,27+,28+,35-/m0/s1. The van der Waals surface area contributed by atoms with E-state index >= 15 is 0 Å². The van der Waals surface area contributed by atoms with E-state index < -0.39 is 27.9 Å². The van der Waals surface area contributed by atoms with Gasteiger partial charge in [0.1, 0.15) is 5.75 Å². The Kier molecular flexibility index (Phi) is 13.2. The normalized spacial score (nSPS) is 20.2.